The number of aromatic carboxylic acids is 1. The molecule has 1 N–H and O–H groups in total. The standard InChI is InChI=1S/C10H10N2O2/c1-2-12-6-8-5-7(10(13)14)3-4-9(8)11-12/h3-6H,2H2,1H3,(H,13,14). The van der Waals surface area contributed by atoms with E-state index in [1.165, 1.54) is 0 Å². The molecule has 0 unspecified atom stereocenters. The van der Waals surface area contributed by atoms with Crippen molar-refractivity contribution in [1.82, 2.24) is 9.78 Å². The maximum atomic E-state index is 10.7. The maximum absolute atomic E-state index is 10.7. The van der Waals surface area contributed by atoms with Crippen molar-refractivity contribution in [3.05, 3.63) is 30.0 Å². The number of aromatic nitrogens is 2. The van der Waals surface area contributed by atoms with E-state index in [9.17, 15) is 4.79 Å². The number of nitrogens with zero attached hydrogens (tertiary/aromatic N) is 2. The van der Waals surface area contributed by atoms with Crippen LogP contribution in [-0.4, -0.2) is 20.9 Å². The molecule has 0 radical (unpaired) electrons. The van der Waals surface area contributed by atoms with Crippen LogP contribution in [0.25, 0.3) is 10.9 Å². The maximum Gasteiger partial charge on any atom is 0.335 e. The number of hydrogen-bond acceptors (Lipinski definition) is 2. The van der Waals surface area contributed by atoms with Crippen molar-refractivity contribution in [3.63, 3.8) is 0 Å². The average molecular weight is 190 g/mol. The van der Waals surface area contributed by atoms with Gasteiger partial charge >= 0.3 is 5.97 Å². The molecule has 2 rings (SSSR count). The molecule has 0 bridgehead atoms. The number of benzene rings is 1. The van der Waals surface area contributed by atoms with E-state index >= 15 is 0 Å². The molecule has 2 aromatic rings. The van der Waals surface area contributed by atoms with Gasteiger partial charge in [0.05, 0.1) is 11.1 Å². The van der Waals surface area contributed by atoms with Gasteiger partial charge in [-0.15, -0.1) is 0 Å². The van der Waals surface area contributed by atoms with Gasteiger partial charge in [-0.2, -0.15) is 5.10 Å². The first-order chi connectivity index (χ1) is 6.70. The molecular weight excluding hydrogens is 180 g/mol. The predicted molar refractivity (Wildman–Crippen MR) is 52.4 cm³/mol. The number of hydrogen-bond donors (Lipinski definition) is 1. The third-order valence-corrected chi connectivity index (χ3v) is 2.12. The molecule has 4 nitrogen and oxygen atoms in total. The number of rotatable bonds is 2. The Balaban J connectivity index is 2.59. The number of aryl methyl sites for hydroxylation is 1. The summed E-state index contributed by atoms with van der Waals surface area (Å²) in [5.41, 5.74) is 1.13. The zero-order chi connectivity index (χ0) is 10.1. The molecule has 0 saturated heterocycles. The highest BCUT2D eigenvalue weighted by Gasteiger charge is 2.05. The minimum absolute atomic E-state index is 0.299. The van der Waals surface area contributed by atoms with Crippen LogP contribution in [0.4, 0.5) is 0 Å². The van der Waals surface area contributed by atoms with E-state index in [4.69, 9.17) is 5.11 Å². The van der Waals surface area contributed by atoms with Crippen molar-refractivity contribution in [1.29, 1.82) is 0 Å². The lowest BCUT2D eigenvalue weighted by Crippen LogP contribution is -1.94. The Kier molecular flexibility index (Phi) is 1.96. The number of fused-ring (bicyclic) bond motifs is 1. The van der Waals surface area contributed by atoms with Gasteiger partial charge in [-0.25, -0.2) is 4.79 Å². The van der Waals surface area contributed by atoms with Crippen molar-refractivity contribution in [2.75, 3.05) is 0 Å². The third-order valence-electron chi connectivity index (χ3n) is 2.12. The molecule has 0 atom stereocenters. The molecule has 72 valence electrons. The second kappa shape index (κ2) is 3.14. The molecule has 4 heteroatoms. The summed E-state index contributed by atoms with van der Waals surface area (Å²) in [5, 5.41) is 13.9. The van der Waals surface area contributed by atoms with E-state index < -0.39 is 5.97 Å². The Hall–Kier alpha value is -1.84. The second-order valence-corrected chi connectivity index (χ2v) is 3.06. The van der Waals surface area contributed by atoms with Gasteiger partial charge in [0.15, 0.2) is 0 Å². The molecule has 0 spiro atoms. The molecule has 0 amide bonds. The minimum atomic E-state index is -0.906. The molecule has 14 heavy (non-hydrogen) atoms. The summed E-state index contributed by atoms with van der Waals surface area (Å²) in [5.74, 6) is -0.906. The summed E-state index contributed by atoms with van der Waals surface area (Å²) in [7, 11) is 0. The SMILES string of the molecule is CCn1cc2cc(C(=O)O)ccc2n1. The van der Waals surface area contributed by atoms with Gasteiger partial charge < -0.3 is 5.11 Å². The van der Waals surface area contributed by atoms with Crippen LogP contribution in [-0.2, 0) is 6.54 Å². The molecule has 1 heterocycles. The summed E-state index contributed by atoms with van der Waals surface area (Å²) in [6, 6.07) is 4.93. The first-order valence-corrected chi connectivity index (χ1v) is 4.41. The highest BCUT2D eigenvalue weighted by Crippen LogP contribution is 2.14. The summed E-state index contributed by atoms with van der Waals surface area (Å²) >= 11 is 0. The van der Waals surface area contributed by atoms with Gasteiger partial charge in [-0.3, -0.25) is 4.68 Å². The Bertz CT molecular complexity index is 488. The lowest BCUT2D eigenvalue weighted by molar-refractivity contribution is 0.0697. The van der Waals surface area contributed by atoms with Crippen LogP contribution in [0.15, 0.2) is 24.4 Å². The van der Waals surface area contributed by atoms with E-state index in [0.717, 1.165) is 17.4 Å². The number of carboxylic acid groups (broad SMARTS) is 1. The van der Waals surface area contributed by atoms with E-state index in [-0.39, 0.29) is 0 Å². The van der Waals surface area contributed by atoms with Gasteiger partial charge in [0.25, 0.3) is 0 Å². The highest BCUT2D eigenvalue weighted by molar-refractivity contribution is 5.93. The van der Waals surface area contributed by atoms with Crippen molar-refractivity contribution >= 4 is 16.9 Å². The molecule has 0 fully saturated rings. The minimum Gasteiger partial charge on any atom is -0.478 e. The van der Waals surface area contributed by atoms with Gasteiger partial charge in [-0.05, 0) is 25.1 Å². The quantitative estimate of drug-likeness (QED) is 0.784. The van der Waals surface area contributed by atoms with Gasteiger partial charge in [-0.1, -0.05) is 0 Å². The van der Waals surface area contributed by atoms with Crippen molar-refractivity contribution in [2.24, 2.45) is 0 Å². The Morgan fingerprint density at radius 3 is 3.00 bits per heavy atom. The smallest absolute Gasteiger partial charge is 0.335 e. The lowest BCUT2D eigenvalue weighted by atomic mass is 10.2. The number of carbonyl (C=O) groups is 1. The summed E-state index contributed by atoms with van der Waals surface area (Å²) < 4.78 is 1.79. The van der Waals surface area contributed by atoms with Crippen molar-refractivity contribution in [2.45, 2.75) is 13.5 Å². The zero-order valence-electron chi connectivity index (χ0n) is 7.77. The Morgan fingerprint density at radius 2 is 2.36 bits per heavy atom. The summed E-state index contributed by atoms with van der Waals surface area (Å²) in [4.78, 5) is 10.7. The lowest BCUT2D eigenvalue weighted by Gasteiger charge is -1.91. The molecular formula is C10H10N2O2. The zero-order valence-corrected chi connectivity index (χ0v) is 7.77. The first-order valence-electron chi connectivity index (χ1n) is 4.41. The van der Waals surface area contributed by atoms with Crippen molar-refractivity contribution < 1.29 is 9.90 Å². The Morgan fingerprint density at radius 1 is 1.57 bits per heavy atom. The number of carboxylic acids is 1. The van der Waals surface area contributed by atoms with Crippen molar-refractivity contribution in [3.8, 4) is 0 Å². The molecule has 0 aliphatic carbocycles. The molecule has 1 aromatic carbocycles. The van der Waals surface area contributed by atoms with Crippen LogP contribution in [0, 0.1) is 0 Å². The summed E-state index contributed by atoms with van der Waals surface area (Å²) in [6.45, 7) is 2.78. The van der Waals surface area contributed by atoms with Crippen LogP contribution in [0.5, 0.6) is 0 Å². The van der Waals surface area contributed by atoms with Crippen LogP contribution in [0.3, 0.4) is 0 Å². The molecule has 0 saturated carbocycles. The highest BCUT2D eigenvalue weighted by atomic mass is 16.4. The Labute approximate surface area is 80.8 Å². The van der Waals surface area contributed by atoms with Crippen LogP contribution in [0.2, 0.25) is 0 Å². The van der Waals surface area contributed by atoms with E-state index in [2.05, 4.69) is 5.10 Å². The molecule has 0 aliphatic heterocycles. The van der Waals surface area contributed by atoms with Gasteiger partial charge in [0.1, 0.15) is 0 Å². The van der Waals surface area contributed by atoms with Gasteiger partial charge in [0.2, 0.25) is 0 Å². The largest absolute Gasteiger partial charge is 0.478 e. The van der Waals surface area contributed by atoms with Crippen LogP contribution in [0.1, 0.15) is 17.3 Å². The predicted octanol–water partition coefficient (Wildman–Crippen LogP) is 1.75. The second-order valence-electron chi connectivity index (χ2n) is 3.06. The normalized spacial score (nSPS) is 10.6. The van der Waals surface area contributed by atoms with E-state index in [1.54, 1.807) is 22.9 Å². The van der Waals surface area contributed by atoms with E-state index in [1.807, 2.05) is 13.1 Å². The average Bonchev–Trinajstić information content (AvgIpc) is 2.58. The fourth-order valence-corrected chi connectivity index (χ4v) is 1.37. The van der Waals surface area contributed by atoms with Crippen LogP contribution >= 0.6 is 0 Å². The fraction of sp³-hybridized carbons (Fsp3) is 0.200. The first kappa shape index (κ1) is 8.74. The van der Waals surface area contributed by atoms with E-state index in [0.29, 0.717) is 5.56 Å². The van der Waals surface area contributed by atoms with Gasteiger partial charge in [0, 0.05) is 18.1 Å². The van der Waals surface area contributed by atoms with Crippen LogP contribution < -0.4 is 0 Å². The third kappa shape index (κ3) is 1.35. The topological polar surface area (TPSA) is 55.1 Å². The molecule has 0 aliphatic rings. The molecule has 1 aromatic heterocycles. The fourth-order valence-electron chi connectivity index (χ4n) is 1.37. The monoisotopic (exact) mass is 190 g/mol. The summed E-state index contributed by atoms with van der Waals surface area (Å²) in [6.07, 6.45) is 1.85.